The molecule has 5 nitrogen and oxygen atoms in total. The van der Waals surface area contributed by atoms with Gasteiger partial charge in [-0.15, -0.1) is 0 Å². The van der Waals surface area contributed by atoms with Crippen LogP contribution in [0, 0.1) is 0 Å². The number of halogens is 2. The summed E-state index contributed by atoms with van der Waals surface area (Å²) in [5, 5.41) is 7.20. The van der Waals surface area contributed by atoms with E-state index in [9.17, 15) is 8.78 Å². The summed E-state index contributed by atoms with van der Waals surface area (Å²) < 4.78 is 33.7. The van der Waals surface area contributed by atoms with Crippen molar-refractivity contribution in [1.82, 2.24) is 15.5 Å². The Balaban J connectivity index is 2.37. The number of nitrogens with zero attached hydrogens (tertiary/aromatic N) is 2. The predicted molar refractivity (Wildman–Crippen MR) is 71.0 cm³/mol. The van der Waals surface area contributed by atoms with Crippen molar-refractivity contribution in [3.8, 4) is 0 Å². The monoisotopic (exact) mass is 291 g/mol. The molecule has 0 saturated heterocycles. The second-order valence-corrected chi connectivity index (χ2v) is 4.80. The highest BCUT2D eigenvalue weighted by molar-refractivity contribution is 4.96. The van der Waals surface area contributed by atoms with E-state index in [0.29, 0.717) is 18.1 Å². The van der Waals surface area contributed by atoms with Crippen LogP contribution in [-0.4, -0.2) is 42.4 Å². The maximum atomic E-state index is 11.9. The van der Waals surface area contributed by atoms with Gasteiger partial charge in [-0.1, -0.05) is 19.0 Å². The number of rotatable bonds is 10. The molecule has 116 valence electrons. The van der Waals surface area contributed by atoms with Gasteiger partial charge in [0.2, 0.25) is 5.89 Å². The number of hydrogen-bond acceptors (Lipinski definition) is 5. The zero-order valence-corrected chi connectivity index (χ0v) is 12.2. The molecule has 0 radical (unpaired) electrons. The van der Waals surface area contributed by atoms with Crippen LogP contribution in [0.4, 0.5) is 8.78 Å². The maximum Gasteiger partial charge on any atom is 0.261 e. The van der Waals surface area contributed by atoms with Crippen LogP contribution in [0.1, 0.15) is 44.8 Å². The van der Waals surface area contributed by atoms with Gasteiger partial charge in [-0.05, 0) is 19.9 Å². The Bertz CT molecular complexity index is 374. The topological polar surface area (TPSA) is 60.2 Å². The molecular weight excluding hydrogens is 268 g/mol. The Kier molecular flexibility index (Phi) is 7.61. The molecular formula is C13H23F2N3O2. The summed E-state index contributed by atoms with van der Waals surface area (Å²) >= 11 is 0. The first-order valence-electron chi connectivity index (χ1n) is 6.96. The molecule has 0 fully saturated rings. The lowest BCUT2D eigenvalue weighted by Crippen LogP contribution is -2.31. The molecule has 0 aliphatic carbocycles. The van der Waals surface area contributed by atoms with Crippen molar-refractivity contribution in [2.45, 2.75) is 52.0 Å². The Morgan fingerprint density at radius 3 is 2.75 bits per heavy atom. The molecule has 0 aliphatic heterocycles. The number of nitrogens with one attached hydrogen (secondary N) is 1. The molecule has 0 aliphatic rings. The van der Waals surface area contributed by atoms with E-state index in [1.807, 2.05) is 6.92 Å². The molecule has 20 heavy (non-hydrogen) atoms. The number of hydrogen-bond donors (Lipinski definition) is 1. The zero-order chi connectivity index (χ0) is 15.0. The van der Waals surface area contributed by atoms with Gasteiger partial charge in [0.25, 0.3) is 6.43 Å². The van der Waals surface area contributed by atoms with E-state index in [1.54, 1.807) is 0 Å². The van der Waals surface area contributed by atoms with Crippen LogP contribution in [0.25, 0.3) is 0 Å². The number of ether oxygens (including phenoxy) is 1. The van der Waals surface area contributed by atoms with Gasteiger partial charge in [0, 0.05) is 12.5 Å². The van der Waals surface area contributed by atoms with Gasteiger partial charge < -0.3 is 14.6 Å². The van der Waals surface area contributed by atoms with E-state index in [1.165, 1.54) is 0 Å². The largest absolute Gasteiger partial charge is 0.375 e. The van der Waals surface area contributed by atoms with Crippen LogP contribution in [0.3, 0.4) is 0 Å². The molecule has 1 aromatic heterocycles. The fourth-order valence-electron chi connectivity index (χ4n) is 1.65. The average Bonchev–Trinajstić information content (AvgIpc) is 2.88. The SMILES string of the molecule is CCCNC(C)C(C)c1nc(CCOCC(F)F)no1. The van der Waals surface area contributed by atoms with Crippen LogP contribution in [-0.2, 0) is 11.2 Å². The summed E-state index contributed by atoms with van der Waals surface area (Å²) in [6.07, 6.45) is -1.01. The molecule has 1 heterocycles. The fraction of sp³-hybridized carbons (Fsp3) is 0.846. The van der Waals surface area contributed by atoms with E-state index in [0.717, 1.165) is 13.0 Å². The molecule has 2 atom stereocenters. The zero-order valence-electron chi connectivity index (χ0n) is 12.2. The highest BCUT2D eigenvalue weighted by Gasteiger charge is 2.20. The van der Waals surface area contributed by atoms with Crippen molar-refractivity contribution in [2.24, 2.45) is 0 Å². The molecule has 0 aromatic carbocycles. The van der Waals surface area contributed by atoms with Gasteiger partial charge in [0.1, 0.15) is 6.61 Å². The lowest BCUT2D eigenvalue weighted by atomic mass is 10.0. The van der Waals surface area contributed by atoms with E-state index in [4.69, 9.17) is 9.26 Å². The van der Waals surface area contributed by atoms with Crippen molar-refractivity contribution < 1.29 is 18.0 Å². The standard InChI is InChI=1S/C13H23F2N3O2/c1-4-6-16-10(3)9(2)13-17-12(18-20-13)5-7-19-8-11(14)15/h9-11,16H,4-8H2,1-3H3. The molecule has 0 saturated carbocycles. The van der Waals surface area contributed by atoms with Gasteiger partial charge in [-0.3, -0.25) is 0 Å². The molecule has 1 aromatic rings. The summed E-state index contributed by atoms with van der Waals surface area (Å²) in [6.45, 7) is 6.73. The maximum absolute atomic E-state index is 11.9. The number of aromatic nitrogens is 2. The molecule has 1 rings (SSSR count). The molecule has 0 spiro atoms. The van der Waals surface area contributed by atoms with Gasteiger partial charge in [0.05, 0.1) is 12.5 Å². The van der Waals surface area contributed by atoms with Gasteiger partial charge in [0.15, 0.2) is 5.82 Å². The van der Waals surface area contributed by atoms with Crippen LogP contribution >= 0.6 is 0 Å². The second-order valence-electron chi connectivity index (χ2n) is 4.80. The normalized spacial score (nSPS) is 14.7. The summed E-state index contributed by atoms with van der Waals surface area (Å²) in [5.74, 6) is 1.15. The highest BCUT2D eigenvalue weighted by Crippen LogP contribution is 2.17. The molecule has 7 heteroatoms. The van der Waals surface area contributed by atoms with Gasteiger partial charge in [-0.25, -0.2) is 8.78 Å². The second kappa shape index (κ2) is 8.97. The van der Waals surface area contributed by atoms with Gasteiger partial charge in [-0.2, -0.15) is 4.98 Å². The highest BCUT2D eigenvalue weighted by atomic mass is 19.3. The van der Waals surface area contributed by atoms with Crippen molar-refractivity contribution in [2.75, 3.05) is 19.8 Å². The predicted octanol–water partition coefficient (Wildman–Crippen LogP) is 2.39. The lowest BCUT2D eigenvalue weighted by Gasteiger charge is -2.17. The van der Waals surface area contributed by atoms with E-state index in [-0.39, 0.29) is 18.6 Å². The van der Waals surface area contributed by atoms with Crippen molar-refractivity contribution in [1.29, 1.82) is 0 Å². The minimum absolute atomic E-state index is 0.102. The Morgan fingerprint density at radius 1 is 1.35 bits per heavy atom. The van der Waals surface area contributed by atoms with Crippen molar-refractivity contribution in [3.63, 3.8) is 0 Å². The van der Waals surface area contributed by atoms with E-state index < -0.39 is 13.0 Å². The van der Waals surface area contributed by atoms with Crippen LogP contribution < -0.4 is 5.32 Å². The quantitative estimate of drug-likeness (QED) is 0.671. The Hall–Kier alpha value is -1.08. The minimum atomic E-state index is -2.44. The third-order valence-corrected chi connectivity index (χ3v) is 3.05. The molecule has 0 amide bonds. The van der Waals surface area contributed by atoms with Crippen molar-refractivity contribution >= 4 is 0 Å². The van der Waals surface area contributed by atoms with E-state index in [2.05, 4.69) is 29.3 Å². The first kappa shape index (κ1) is 17.0. The lowest BCUT2D eigenvalue weighted by molar-refractivity contribution is 0.0182. The van der Waals surface area contributed by atoms with Crippen LogP contribution in [0.5, 0.6) is 0 Å². The smallest absolute Gasteiger partial charge is 0.261 e. The average molecular weight is 291 g/mol. The molecule has 1 N–H and O–H groups in total. The molecule has 0 bridgehead atoms. The van der Waals surface area contributed by atoms with Crippen LogP contribution in [0.15, 0.2) is 4.52 Å². The number of alkyl halides is 2. The first-order valence-corrected chi connectivity index (χ1v) is 6.96. The first-order chi connectivity index (χ1) is 9.54. The molecule has 2 unspecified atom stereocenters. The summed E-state index contributed by atoms with van der Waals surface area (Å²) in [6, 6.07) is 0.235. The fourth-order valence-corrected chi connectivity index (χ4v) is 1.65. The van der Waals surface area contributed by atoms with Crippen LogP contribution in [0.2, 0.25) is 0 Å². The minimum Gasteiger partial charge on any atom is -0.375 e. The third kappa shape index (κ3) is 5.92. The Morgan fingerprint density at radius 2 is 2.10 bits per heavy atom. The van der Waals surface area contributed by atoms with E-state index >= 15 is 0 Å². The third-order valence-electron chi connectivity index (χ3n) is 3.05. The summed E-state index contributed by atoms with van der Waals surface area (Å²) in [4.78, 5) is 4.27. The summed E-state index contributed by atoms with van der Waals surface area (Å²) in [7, 11) is 0. The van der Waals surface area contributed by atoms with Crippen molar-refractivity contribution in [3.05, 3.63) is 11.7 Å². The summed E-state index contributed by atoms with van der Waals surface area (Å²) in [5.41, 5.74) is 0. The van der Waals surface area contributed by atoms with Gasteiger partial charge >= 0.3 is 0 Å². The Labute approximate surface area is 118 Å².